The maximum absolute atomic E-state index is 11.2. The summed E-state index contributed by atoms with van der Waals surface area (Å²) < 4.78 is 9.64. The summed E-state index contributed by atoms with van der Waals surface area (Å²) in [4.78, 5) is 16.7. The smallest absolute Gasteiger partial charge is 0.438 e. The van der Waals surface area contributed by atoms with Gasteiger partial charge in [0.1, 0.15) is 6.10 Å². The van der Waals surface area contributed by atoms with Crippen LogP contribution >= 0.6 is 0 Å². The Bertz CT molecular complexity index is 669. The third-order valence-electron chi connectivity index (χ3n) is 4.39. The zero-order valence-electron chi connectivity index (χ0n) is 13.2. The molecule has 0 aliphatic carbocycles. The molecule has 1 aliphatic rings. The van der Waals surface area contributed by atoms with E-state index >= 15 is 0 Å². The number of aliphatic hydroxyl groups excluding tert-OH is 1. The number of carbonyl (C=O) groups excluding carboxylic acids is 1. The van der Waals surface area contributed by atoms with Crippen molar-refractivity contribution >= 4 is 17.1 Å². The fourth-order valence-corrected chi connectivity index (χ4v) is 3.08. The number of aliphatic hydroxyl groups is 1. The van der Waals surface area contributed by atoms with Gasteiger partial charge in [-0.2, -0.15) is 0 Å². The van der Waals surface area contributed by atoms with Gasteiger partial charge < -0.3 is 19.6 Å². The molecular formula is C17H22N2O4. The SMILES string of the molecule is COC(=O)O[C@H]1CN(CCc2c[nH]c3ccccc23)CC[C@H]1O. The van der Waals surface area contributed by atoms with Crippen LogP contribution in [0.1, 0.15) is 12.0 Å². The molecule has 2 heterocycles. The summed E-state index contributed by atoms with van der Waals surface area (Å²) >= 11 is 0. The highest BCUT2D eigenvalue weighted by molar-refractivity contribution is 5.83. The van der Waals surface area contributed by atoms with E-state index in [2.05, 4.69) is 26.8 Å². The number of rotatable bonds is 4. The van der Waals surface area contributed by atoms with Crippen LogP contribution in [0, 0.1) is 0 Å². The maximum Gasteiger partial charge on any atom is 0.508 e. The minimum atomic E-state index is -0.743. The molecule has 1 aliphatic heterocycles. The van der Waals surface area contributed by atoms with Gasteiger partial charge in [-0.05, 0) is 24.5 Å². The summed E-state index contributed by atoms with van der Waals surface area (Å²) in [6.07, 6.45) is 1.65. The number of likely N-dealkylation sites (tertiary alicyclic amines) is 1. The van der Waals surface area contributed by atoms with Crippen molar-refractivity contribution in [2.24, 2.45) is 0 Å². The Hall–Kier alpha value is -2.05. The third kappa shape index (κ3) is 3.65. The molecule has 6 nitrogen and oxygen atoms in total. The fourth-order valence-electron chi connectivity index (χ4n) is 3.08. The highest BCUT2D eigenvalue weighted by Gasteiger charge is 2.30. The number of aromatic amines is 1. The van der Waals surface area contributed by atoms with E-state index in [9.17, 15) is 9.90 Å². The van der Waals surface area contributed by atoms with E-state index in [-0.39, 0.29) is 0 Å². The van der Waals surface area contributed by atoms with Crippen LogP contribution in [0.2, 0.25) is 0 Å². The summed E-state index contributed by atoms with van der Waals surface area (Å²) in [6.45, 7) is 2.18. The second-order valence-electron chi connectivity index (χ2n) is 5.88. The number of benzene rings is 1. The second kappa shape index (κ2) is 7.02. The zero-order chi connectivity index (χ0) is 16.2. The molecule has 2 aromatic rings. The first-order chi connectivity index (χ1) is 11.2. The van der Waals surface area contributed by atoms with Gasteiger partial charge in [0.05, 0.1) is 13.2 Å². The van der Waals surface area contributed by atoms with E-state index in [1.54, 1.807) is 0 Å². The number of para-hydroxylation sites is 1. The number of ether oxygens (including phenoxy) is 2. The highest BCUT2D eigenvalue weighted by atomic mass is 16.7. The first kappa shape index (κ1) is 15.8. The molecule has 2 atom stereocenters. The van der Waals surface area contributed by atoms with Crippen molar-refractivity contribution in [2.75, 3.05) is 26.7 Å². The topological polar surface area (TPSA) is 74.8 Å². The van der Waals surface area contributed by atoms with Crippen LogP contribution in [0.15, 0.2) is 30.5 Å². The van der Waals surface area contributed by atoms with Crippen molar-refractivity contribution in [3.05, 3.63) is 36.0 Å². The van der Waals surface area contributed by atoms with Gasteiger partial charge in [-0.25, -0.2) is 4.79 Å². The molecule has 2 N–H and O–H groups in total. The van der Waals surface area contributed by atoms with Crippen molar-refractivity contribution in [3.63, 3.8) is 0 Å². The van der Waals surface area contributed by atoms with Gasteiger partial charge in [0.25, 0.3) is 0 Å². The van der Waals surface area contributed by atoms with E-state index in [4.69, 9.17) is 4.74 Å². The van der Waals surface area contributed by atoms with E-state index in [0.29, 0.717) is 13.0 Å². The van der Waals surface area contributed by atoms with Gasteiger partial charge >= 0.3 is 6.16 Å². The second-order valence-corrected chi connectivity index (χ2v) is 5.88. The van der Waals surface area contributed by atoms with Crippen LogP contribution in [-0.4, -0.2) is 60.1 Å². The average Bonchev–Trinajstić information content (AvgIpc) is 2.98. The average molecular weight is 318 g/mol. The lowest BCUT2D eigenvalue weighted by Gasteiger charge is -2.35. The van der Waals surface area contributed by atoms with Crippen LogP contribution in [0.4, 0.5) is 4.79 Å². The normalized spacial score (nSPS) is 22.2. The van der Waals surface area contributed by atoms with Crippen LogP contribution in [0.3, 0.4) is 0 Å². The van der Waals surface area contributed by atoms with Gasteiger partial charge in [0.15, 0.2) is 0 Å². The zero-order valence-corrected chi connectivity index (χ0v) is 13.2. The molecular weight excluding hydrogens is 296 g/mol. The van der Waals surface area contributed by atoms with Crippen molar-refractivity contribution in [2.45, 2.75) is 25.0 Å². The Kier molecular flexibility index (Phi) is 4.83. The number of nitrogens with one attached hydrogen (secondary N) is 1. The summed E-state index contributed by atoms with van der Waals surface area (Å²) in [5.74, 6) is 0. The van der Waals surface area contributed by atoms with Crippen molar-refractivity contribution in [3.8, 4) is 0 Å². The van der Waals surface area contributed by atoms with Crippen LogP contribution in [-0.2, 0) is 15.9 Å². The van der Waals surface area contributed by atoms with Gasteiger partial charge in [0, 0.05) is 36.7 Å². The lowest BCUT2D eigenvalue weighted by atomic mass is 10.0. The Morgan fingerprint density at radius 1 is 1.43 bits per heavy atom. The largest absolute Gasteiger partial charge is 0.508 e. The standard InChI is InChI=1S/C17H22N2O4/c1-22-17(21)23-16-11-19(9-7-15(16)20)8-6-12-10-18-14-5-3-2-4-13(12)14/h2-5,10,15-16,18,20H,6-9,11H2,1H3/t15-,16+/m1/s1. The molecule has 0 spiro atoms. The van der Waals surface area contributed by atoms with Gasteiger partial charge in [-0.1, -0.05) is 18.2 Å². The number of piperidine rings is 1. The van der Waals surface area contributed by atoms with Gasteiger partial charge in [0.2, 0.25) is 0 Å². The summed E-state index contributed by atoms with van der Waals surface area (Å²) in [7, 11) is 1.27. The predicted molar refractivity (Wildman–Crippen MR) is 86.3 cm³/mol. The number of hydrogen-bond donors (Lipinski definition) is 2. The van der Waals surface area contributed by atoms with E-state index in [1.807, 2.05) is 18.3 Å². The minimum absolute atomic E-state index is 0.526. The number of H-pyrrole nitrogens is 1. The highest BCUT2D eigenvalue weighted by Crippen LogP contribution is 2.20. The van der Waals surface area contributed by atoms with Crippen molar-refractivity contribution in [1.29, 1.82) is 0 Å². The number of methoxy groups -OCH3 is 1. The summed E-state index contributed by atoms with van der Waals surface area (Å²) in [5, 5.41) is 11.2. The van der Waals surface area contributed by atoms with Gasteiger partial charge in [-0.15, -0.1) is 0 Å². The maximum atomic E-state index is 11.2. The summed E-state index contributed by atoms with van der Waals surface area (Å²) in [6, 6.07) is 8.24. The molecule has 124 valence electrons. The van der Waals surface area contributed by atoms with Crippen LogP contribution < -0.4 is 0 Å². The molecule has 23 heavy (non-hydrogen) atoms. The Morgan fingerprint density at radius 2 is 2.26 bits per heavy atom. The molecule has 6 heteroatoms. The molecule has 1 aromatic carbocycles. The number of carbonyl (C=O) groups is 1. The Morgan fingerprint density at radius 3 is 3.09 bits per heavy atom. The number of aromatic nitrogens is 1. The van der Waals surface area contributed by atoms with E-state index in [0.717, 1.165) is 25.0 Å². The van der Waals surface area contributed by atoms with Crippen LogP contribution in [0.25, 0.3) is 10.9 Å². The summed E-state index contributed by atoms with van der Waals surface area (Å²) in [5.41, 5.74) is 2.42. The third-order valence-corrected chi connectivity index (χ3v) is 4.39. The monoisotopic (exact) mass is 318 g/mol. The first-order valence-electron chi connectivity index (χ1n) is 7.87. The van der Waals surface area contributed by atoms with Gasteiger partial charge in [-0.3, -0.25) is 4.90 Å². The predicted octanol–water partition coefficient (Wildman–Crippen LogP) is 1.93. The number of hydrogen-bond acceptors (Lipinski definition) is 5. The lowest BCUT2D eigenvalue weighted by Crippen LogP contribution is -2.49. The molecule has 1 fully saturated rings. The molecule has 0 amide bonds. The number of nitrogens with zero attached hydrogens (tertiary/aromatic N) is 1. The molecule has 1 saturated heterocycles. The van der Waals surface area contributed by atoms with Crippen molar-refractivity contribution in [1.82, 2.24) is 9.88 Å². The molecule has 0 bridgehead atoms. The lowest BCUT2D eigenvalue weighted by molar-refractivity contribution is -0.0639. The molecule has 3 rings (SSSR count). The quantitative estimate of drug-likeness (QED) is 0.843. The molecule has 0 radical (unpaired) electrons. The molecule has 0 saturated carbocycles. The molecule has 1 aromatic heterocycles. The minimum Gasteiger partial charge on any atom is -0.438 e. The first-order valence-corrected chi connectivity index (χ1v) is 7.87. The number of fused-ring (bicyclic) bond motifs is 1. The van der Waals surface area contributed by atoms with Crippen LogP contribution in [0.5, 0.6) is 0 Å². The Labute approximate surface area is 135 Å². The fraction of sp³-hybridized carbons (Fsp3) is 0.471. The van der Waals surface area contributed by atoms with E-state index in [1.165, 1.54) is 18.1 Å². The van der Waals surface area contributed by atoms with E-state index < -0.39 is 18.4 Å². The van der Waals surface area contributed by atoms with Crippen molar-refractivity contribution < 1.29 is 19.4 Å². The Balaban J connectivity index is 1.58. The molecule has 0 unspecified atom stereocenters.